The molecule has 1 saturated heterocycles. The Morgan fingerprint density at radius 2 is 2.00 bits per heavy atom. The number of H-pyrrole nitrogens is 1. The number of hydrogen-bond donors (Lipinski definition) is 3. The average Bonchev–Trinajstić information content (AvgIpc) is 3.30. The molecule has 3 rings (SSSR count). The van der Waals surface area contributed by atoms with Crippen molar-refractivity contribution in [3.8, 4) is 0 Å². The minimum absolute atomic E-state index is 0.0931. The molecular formula is C17H21N5O4S. The Morgan fingerprint density at radius 1 is 1.30 bits per heavy atom. The van der Waals surface area contributed by atoms with Crippen molar-refractivity contribution in [3.05, 3.63) is 47.8 Å². The van der Waals surface area contributed by atoms with E-state index in [9.17, 15) is 18.0 Å². The molecule has 1 atom stereocenters. The first kappa shape index (κ1) is 19.1. The van der Waals surface area contributed by atoms with E-state index in [-0.39, 0.29) is 24.0 Å². The van der Waals surface area contributed by atoms with Crippen molar-refractivity contribution >= 4 is 27.5 Å². The molecule has 27 heavy (non-hydrogen) atoms. The smallest absolute Gasteiger partial charge is 0.227 e. The van der Waals surface area contributed by atoms with Crippen molar-refractivity contribution in [1.82, 2.24) is 20.2 Å². The molecule has 0 radical (unpaired) electrons. The zero-order valence-electron chi connectivity index (χ0n) is 14.8. The maximum Gasteiger partial charge on any atom is 0.227 e. The van der Waals surface area contributed by atoms with Crippen molar-refractivity contribution < 1.29 is 18.0 Å². The van der Waals surface area contributed by atoms with Gasteiger partial charge in [-0.2, -0.15) is 5.10 Å². The Bertz CT molecular complexity index is 909. The normalized spacial score (nSPS) is 17.3. The summed E-state index contributed by atoms with van der Waals surface area (Å²) < 4.78 is 25.4. The van der Waals surface area contributed by atoms with Gasteiger partial charge in [0.25, 0.3) is 0 Å². The van der Waals surface area contributed by atoms with Gasteiger partial charge in [0, 0.05) is 25.7 Å². The molecule has 0 bridgehead atoms. The molecule has 9 nitrogen and oxygen atoms in total. The second-order valence-corrected chi connectivity index (χ2v) is 8.29. The monoisotopic (exact) mass is 391 g/mol. The number of anilines is 1. The minimum atomic E-state index is -3.31. The summed E-state index contributed by atoms with van der Waals surface area (Å²) in [6.07, 6.45) is 3.33. The summed E-state index contributed by atoms with van der Waals surface area (Å²) in [7, 11) is -1.94. The lowest BCUT2D eigenvalue weighted by Crippen LogP contribution is -2.32. The van der Waals surface area contributed by atoms with Crippen LogP contribution < -0.4 is 14.9 Å². The van der Waals surface area contributed by atoms with E-state index in [2.05, 4.69) is 20.2 Å². The van der Waals surface area contributed by atoms with Gasteiger partial charge in [-0.15, -0.1) is 0 Å². The zero-order valence-corrected chi connectivity index (χ0v) is 15.6. The van der Waals surface area contributed by atoms with Crippen LogP contribution in [0.2, 0.25) is 0 Å². The zero-order chi connectivity index (χ0) is 19.4. The van der Waals surface area contributed by atoms with Crippen molar-refractivity contribution in [3.63, 3.8) is 0 Å². The van der Waals surface area contributed by atoms with Gasteiger partial charge in [0.1, 0.15) is 0 Å². The van der Waals surface area contributed by atoms with Crippen molar-refractivity contribution in [2.45, 2.75) is 18.7 Å². The number of carbonyl (C=O) groups is 2. The second-order valence-electron chi connectivity index (χ2n) is 6.36. The molecule has 2 aromatic rings. The van der Waals surface area contributed by atoms with Crippen molar-refractivity contribution in [1.29, 1.82) is 0 Å². The minimum Gasteiger partial charge on any atom is -0.352 e. The topological polar surface area (TPSA) is 124 Å². The Balaban J connectivity index is 1.53. The number of nitrogens with zero attached hydrogens (tertiary/aromatic N) is 2. The van der Waals surface area contributed by atoms with Crippen LogP contribution in [0.15, 0.2) is 36.7 Å². The van der Waals surface area contributed by atoms with E-state index in [4.69, 9.17) is 0 Å². The molecule has 10 heteroatoms. The number of benzene rings is 1. The number of hydrogen-bond acceptors (Lipinski definition) is 5. The number of sulfonamides is 1. The number of amides is 2. The molecule has 1 fully saturated rings. The molecule has 1 aliphatic heterocycles. The SMILES string of the molecule is CNS(=O)(=O)Cc1ccc(CNC(=O)C2CC(=O)N(c3cn[nH]c3)C2)cc1. The van der Waals surface area contributed by atoms with Crippen LogP contribution in [0.4, 0.5) is 5.69 Å². The van der Waals surface area contributed by atoms with Gasteiger partial charge < -0.3 is 10.2 Å². The lowest BCUT2D eigenvalue weighted by Gasteiger charge is -2.14. The maximum atomic E-state index is 12.4. The molecule has 144 valence electrons. The van der Waals surface area contributed by atoms with Gasteiger partial charge in [-0.1, -0.05) is 24.3 Å². The molecule has 0 aliphatic carbocycles. The van der Waals surface area contributed by atoms with Crippen LogP contribution in [-0.4, -0.2) is 44.0 Å². The van der Waals surface area contributed by atoms with Crippen molar-refractivity contribution in [2.24, 2.45) is 5.92 Å². The Labute approximate surface area is 157 Å². The van der Waals surface area contributed by atoms with Gasteiger partial charge in [0.2, 0.25) is 21.8 Å². The van der Waals surface area contributed by atoms with E-state index in [1.165, 1.54) is 7.05 Å². The van der Waals surface area contributed by atoms with Crippen LogP contribution in [0.1, 0.15) is 17.5 Å². The summed E-state index contributed by atoms with van der Waals surface area (Å²) in [4.78, 5) is 26.0. The van der Waals surface area contributed by atoms with E-state index in [1.807, 2.05) is 0 Å². The van der Waals surface area contributed by atoms with Gasteiger partial charge in [0.15, 0.2) is 0 Å². The summed E-state index contributed by atoms with van der Waals surface area (Å²) in [5.74, 6) is -0.792. The molecule has 1 unspecified atom stereocenters. The quantitative estimate of drug-likeness (QED) is 0.619. The number of aromatic nitrogens is 2. The van der Waals surface area contributed by atoms with Gasteiger partial charge in [-0.05, 0) is 18.2 Å². The Morgan fingerprint density at radius 3 is 2.63 bits per heavy atom. The third-order valence-corrected chi connectivity index (χ3v) is 5.78. The largest absolute Gasteiger partial charge is 0.352 e. The molecule has 1 aliphatic rings. The lowest BCUT2D eigenvalue weighted by molar-refractivity contribution is -0.126. The highest BCUT2D eigenvalue weighted by atomic mass is 32.2. The van der Waals surface area contributed by atoms with Crippen LogP contribution >= 0.6 is 0 Å². The molecule has 1 aromatic heterocycles. The van der Waals surface area contributed by atoms with Crippen LogP contribution in [0, 0.1) is 5.92 Å². The van der Waals surface area contributed by atoms with E-state index in [1.54, 1.807) is 41.6 Å². The standard InChI is InChI=1S/C17H21N5O4S/c1-18-27(25,26)11-13-4-2-12(3-5-13)7-19-17(24)14-6-16(23)22(10-14)15-8-20-21-9-15/h2-5,8-9,14,18H,6-7,10-11H2,1H3,(H,19,24)(H,20,21). The Kier molecular flexibility index (Phi) is 5.57. The van der Waals surface area contributed by atoms with Gasteiger partial charge >= 0.3 is 0 Å². The summed E-state index contributed by atoms with van der Waals surface area (Å²) in [6, 6.07) is 6.99. The fourth-order valence-electron chi connectivity index (χ4n) is 2.90. The first-order valence-corrected chi connectivity index (χ1v) is 10.1. The predicted octanol–water partition coefficient (Wildman–Crippen LogP) is 0.128. The van der Waals surface area contributed by atoms with Gasteiger partial charge in [-0.25, -0.2) is 13.1 Å². The third-order valence-electron chi connectivity index (χ3n) is 4.45. The van der Waals surface area contributed by atoms with Crippen molar-refractivity contribution in [2.75, 3.05) is 18.5 Å². The molecule has 2 amide bonds. The predicted molar refractivity (Wildman–Crippen MR) is 99.0 cm³/mol. The fourth-order valence-corrected chi connectivity index (χ4v) is 3.68. The average molecular weight is 391 g/mol. The highest BCUT2D eigenvalue weighted by Gasteiger charge is 2.35. The van der Waals surface area contributed by atoms with Crippen LogP contribution in [0.3, 0.4) is 0 Å². The van der Waals surface area contributed by atoms with E-state index in [0.717, 1.165) is 5.56 Å². The lowest BCUT2D eigenvalue weighted by atomic mass is 10.1. The van der Waals surface area contributed by atoms with E-state index < -0.39 is 15.9 Å². The summed E-state index contributed by atoms with van der Waals surface area (Å²) >= 11 is 0. The molecule has 1 aromatic carbocycles. The molecule has 2 heterocycles. The number of aromatic amines is 1. The highest BCUT2D eigenvalue weighted by Crippen LogP contribution is 2.24. The van der Waals surface area contributed by atoms with E-state index >= 15 is 0 Å². The maximum absolute atomic E-state index is 12.4. The van der Waals surface area contributed by atoms with Gasteiger partial charge in [0.05, 0.1) is 23.6 Å². The molecule has 3 N–H and O–H groups in total. The summed E-state index contributed by atoms with van der Waals surface area (Å²) in [6.45, 7) is 0.638. The molecule has 0 spiro atoms. The summed E-state index contributed by atoms with van der Waals surface area (Å²) in [5, 5.41) is 9.31. The van der Waals surface area contributed by atoms with Crippen LogP contribution in [0.5, 0.6) is 0 Å². The van der Waals surface area contributed by atoms with Gasteiger partial charge in [-0.3, -0.25) is 14.7 Å². The van der Waals surface area contributed by atoms with Crippen LogP contribution in [0.25, 0.3) is 0 Å². The number of nitrogens with one attached hydrogen (secondary N) is 3. The highest BCUT2D eigenvalue weighted by molar-refractivity contribution is 7.88. The molecular weight excluding hydrogens is 370 g/mol. The van der Waals surface area contributed by atoms with E-state index in [0.29, 0.717) is 24.3 Å². The Hall–Kier alpha value is -2.72. The molecule has 0 saturated carbocycles. The number of carbonyl (C=O) groups excluding carboxylic acids is 2. The first-order valence-electron chi connectivity index (χ1n) is 8.44. The third kappa shape index (κ3) is 4.72. The fraction of sp³-hybridized carbons (Fsp3) is 0.353. The number of rotatable bonds is 7. The second kappa shape index (κ2) is 7.89. The van der Waals surface area contributed by atoms with Crippen LogP contribution in [-0.2, 0) is 31.9 Å². The first-order chi connectivity index (χ1) is 12.9. The summed E-state index contributed by atoms with van der Waals surface area (Å²) in [5.41, 5.74) is 2.17.